The van der Waals surface area contributed by atoms with Crippen LogP contribution < -0.4 is 5.32 Å². The lowest BCUT2D eigenvalue weighted by Gasteiger charge is -2.34. The van der Waals surface area contributed by atoms with Gasteiger partial charge in [-0.2, -0.15) is 0 Å². The molecule has 0 spiro atoms. The van der Waals surface area contributed by atoms with Gasteiger partial charge in [-0.05, 0) is 13.3 Å². The number of urea groups is 1. The van der Waals surface area contributed by atoms with Gasteiger partial charge in [0.15, 0.2) is 0 Å². The molecule has 1 rings (SSSR count). The van der Waals surface area contributed by atoms with Crippen LogP contribution in [0.25, 0.3) is 0 Å². The second-order valence-corrected chi connectivity index (χ2v) is 6.63. The first kappa shape index (κ1) is 16.9. The minimum atomic E-state index is -0.843. The number of piperazine rings is 1. The monoisotopic (exact) mass is 305 g/mol. The van der Waals surface area contributed by atoms with Crippen LogP contribution in [0.2, 0.25) is 0 Å². The summed E-state index contributed by atoms with van der Waals surface area (Å²) in [4.78, 5) is 26.1. The molecule has 0 bridgehead atoms. The number of hydrogen-bond acceptors (Lipinski definition) is 4. The molecule has 1 heterocycles. The number of hydrogen-bond donors (Lipinski definition) is 2. The number of aliphatic carboxylic acids is 1. The van der Waals surface area contributed by atoms with Crippen LogP contribution in [0, 0.1) is 0 Å². The Labute approximate surface area is 121 Å². The fourth-order valence-electron chi connectivity index (χ4n) is 2.02. The number of nitrogens with zero attached hydrogens (tertiary/aromatic N) is 2. The molecule has 2 N–H and O–H groups in total. The summed E-state index contributed by atoms with van der Waals surface area (Å²) >= 11 is 0. The average Bonchev–Trinajstić information content (AvgIpc) is 2.36. The summed E-state index contributed by atoms with van der Waals surface area (Å²) in [5.41, 5.74) is 0. The molecule has 7 nitrogen and oxygen atoms in total. The molecule has 1 fully saturated rings. The van der Waals surface area contributed by atoms with E-state index >= 15 is 0 Å². The van der Waals surface area contributed by atoms with E-state index in [1.165, 1.54) is 0 Å². The summed E-state index contributed by atoms with van der Waals surface area (Å²) in [5, 5.41) is 11.6. The van der Waals surface area contributed by atoms with Gasteiger partial charge in [0.25, 0.3) is 0 Å². The van der Waals surface area contributed by atoms with Gasteiger partial charge in [-0.3, -0.25) is 13.9 Å². The molecule has 2 atom stereocenters. The maximum Gasteiger partial charge on any atom is 0.317 e. The number of carboxylic acids is 1. The Morgan fingerprint density at radius 2 is 1.90 bits per heavy atom. The molecule has 20 heavy (non-hydrogen) atoms. The van der Waals surface area contributed by atoms with Crippen molar-refractivity contribution in [3.8, 4) is 0 Å². The Balaban J connectivity index is 2.28. The SMILES string of the molecule is CC(CCS(C)=O)NC(=O)N1CCN(CC(=O)O)CC1. The Morgan fingerprint density at radius 3 is 2.40 bits per heavy atom. The molecule has 0 aromatic heterocycles. The molecule has 8 heteroatoms. The minimum absolute atomic E-state index is 0.0107. The molecule has 2 amide bonds. The summed E-state index contributed by atoms with van der Waals surface area (Å²) in [6.07, 6.45) is 2.34. The van der Waals surface area contributed by atoms with Crippen LogP contribution in [-0.2, 0) is 15.6 Å². The quantitative estimate of drug-likeness (QED) is 0.694. The maximum atomic E-state index is 12.0. The van der Waals surface area contributed by atoms with Crippen LogP contribution in [0.1, 0.15) is 13.3 Å². The highest BCUT2D eigenvalue weighted by atomic mass is 32.2. The molecule has 0 aromatic rings. The standard InChI is InChI=1S/C12H23N3O4S/c1-10(3-8-20(2)19)13-12(18)15-6-4-14(5-7-15)9-11(16)17/h10H,3-9H2,1-2H3,(H,13,18)(H,16,17). The largest absolute Gasteiger partial charge is 0.480 e. The number of nitrogens with one attached hydrogen (secondary N) is 1. The first-order chi connectivity index (χ1) is 9.38. The summed E-state index contributed by atoms with van der Waals surface area (Å²) in [6.45, 7) is 4.14. The van der Waals surface area contributed by atoms with Crippen molar-refractivity contribution >= 4 is 22.8 Å². The lowest BCUT2D eigenvalue weighted by atomic mass is 10.2. The van der Waals surface area contributed by atoms with Crippen LogP contribution in [-0.4, -0.2) is 81.9 Å². The van der Waals surface area contributed by atoms with Gasteiger partial charge in [-0.1, -0.05) is 0 Å². The van der Waals surface area contributed by atoms with Gasteiger partial charge in [0.1, 0.15) is 0 Å². The average molecular weight is 305 g/mol. The van der Waals surface area contributed by atoms with Crippen molar-refractivity contribution < 1.29 is 18.9 Å². The second-order valence-electron chi connectivity index (χ2n) is 5.07. The number of amides is 2. The fourth-order valence-corrected chi connectivity index (χ4v) is 2.70. The van der Waals surface area contributed by atoms with Gasteiger partial charge in [0, 0.05) is 55.0 Å². The molecule has 116 valence electrons. The summed E-state index contributed by atoms with van der Waals surface area (Å²) < 4.78 is 11.0. The highest BCUT2D eigenvalue weighted by Gasteiger charge is 2.22. The van der Waals surface area contributed by atoms with E-state index in [-0.39, 0.29) is 18.6 Å². The van der Waals surface area contributed by atoms with E-state index in [9.17, 15) is 13.8 Å². The fraction of sp³-hybridized carbons (Fsp3) is 0.833. The molecular weight excluding hydrogens is 282 g/mol. The number of carbonyl (C=O) groups excluding carboxylic acids is 1. The zero-order valence-corrected chi connectivity index (χ0v) is 12.8. The summed E-state index contributed by atoms with van der Waals surface area (Å²) in [6, 6.07) is -0.141. The third-order valence-electron chi connectivity index (χ3n) is 3.23. The van der Waals surface area contributed by atoms with Gasteiger partial charge in [0.2, 0.25) is 0 Å². The molecule has 1 aliphatic heterocycles. The smallest absolute Gasteiger partial charge is 0.317 e. The second kappa shape index (κ2) is 8.21. The zero-order chi connectivity index (χ0) is 15.1. The van der Waals surface area contributed by atoms with E-state index in [1.54, 1.807) is 11.2 Å². The zero-order valence-electron chi connectivity index (χ0n) is 12.0. The van der Waals surface area contributed by atoms with Crippen LogP contribution in [0.5, 0.6) is 0 Å². The molecule has 0 aliphatic carbocycles. The predicted octanol–water partition coefficient (Wildman–Crippen LogP) is -0.445. The van der Waals surface area contributed by atoms with Crippen LogP contribution in [0.3, 0.4) is 0 Å². The number of carboxylic acid groups (broad SMARTS) is 1. The molecular formula is C12H23N3O4S. The van der Waals surface area contributed by atoms with Crippen molar-refractivity contribution in [3.05, 3.63) is 0 Å². The van der Waals surface area contributed by atoms with Crippen LogP contribution in [0.15, 0.2) is 0 Å². The summed E-state index contributed by atoms with van der Waals surface area (Å²) in [5.74, 6) is -0.266. The third kappa shape index (κ3) is 6.33. The van der Waals surface area contributed by atoms with Crippen molar-refractivity contribution in [1.82, 2.24) is 15.1 Å². The van der Waals surface area contributed by atoms with E-state index in [0.717, 1.165) is 0 Å². The van der Waals surface area contributed by atoms with Crippen molar-refractivity contribution in [2.24, 2.45) is 0 Å². The maximum absolute atomic E-state index is 12.0. The predicted molar refractivity (Wildman–Crippen MR) is 77.2 cm³/mol. The van der Waals surface area contributed by atoms with Gasteiger partial charge < -0.3 is 15.3 Å². The Morgan fingerprint density at radius 1 is 1.30 bits per heavy atom. The molecule has 1 aliphatic rings. The van der Waals surface area contributed by atoms with Gasteiger partial charge >= 0.3 is 12.0 Å². The third-order valence-corrected chi connectivity index (χ3v) is 4.04. The van der Waals surface area contributed by atoms with E-state index in [2.05, 4.69) is 5.32 Å². The number of carbonyl (C=O) groups is 2. The van der Waals surface area contributed by atoms with Crippen molar-refractivity contribution in [2.45, 2.75) is 19.4 Å². The first-order valence-electron chi connectivity index (χ1n) is 6.68. The Bertz CT molecular complexity index is 370. The number of rotatable bonds is 6. The molecule has 0 saturated carbocycles. The van der Waals surface area contributed by atoms with Crippen molar-refractivity contribution in [3.63, 3.8) is 0 Å². The van der Waals surface area contributed by atoms with Gasteiger partial charge in [-0.15, -0.1) is 0 Å². The topological polar surface area (TPSA) is 90.0 Å². The van der Waals surface area contributed by atoms with Crippen molar-refractivity contribution in [2.75, 3.05) is 44.7 Å². The summed E-state index contributed by atoms with van der Waals surface area (Å²) in [7, 11) is -0.843. The first-order valence-corrected chi connectivity index (χ1v) is 8.41. The van der Waals surface area contributed by atoms with Crippen molar-refractivity contribution in [1.29, 1.82) is 0 Å². The Hall–Kier alpha value is -1.15. The van der Waals surface area contributed by atoms with E-state index < -0.39 is 16.8 Å². The van der Waals surface area contributed by atoms with Crippen LogP contribution >= 0.6 is 0 Å². The van der Waals surface area contributed by atoms with E-state index in [0.29, 0.717) is 38.4 Å². The molecule has 0 radical (unpaired) electrons. The van der Waals surface area contributed by atoms with E-state index in [1.807, 2.05) is 11.8 Å². The highest BCUT2D eigenvalue weighted by Crippen LogP contribution is 2.03. The highest BCUT2D eigenvalue weighted by molar-refractivity contribution is 7.84. The molecule has 1 saturated heterocycles. The lowest BCUT2D eigenvalue weighted by Crippen LogP contribution is -2.53. The molecule has 2 unspecified atom stereocenters. The van der Waals surface area contributed by atoms with Gasteiger partial charge in [0.05, 0.1) is 6.54 Å². The van der Waals surface area contributed by atoms with E-state index in [4.69, 9.17) is 5.11 Å². The minimum Gasteiger partial charge on any atom is -0.480 e. The molecule has 0 aromatic carbocycles. The van der Waals surface area contributed by atoms with Crippen LogP contribution in [0.4, 0.5) is 4.79 Å². The van der Waals surface area contributed by atoms with Gasteiger partial charge in [-0.25, -0.2) is 4.79 Å². The Kier molecular flexibility index (Phi) is 6.94. The normalized spacial score (nSPS) is 19.4. The lowest BCUT2D eigenvalue weighted by molar-refractivity contribution is -0.138.